The predicted octanol–water partition coefficient (Wildman–Crippen LogP) is 14.4. The Hall–Kier alpha value is -2.20. The molecule has 0 atom stereocenters. The van der Waals surface area contributed by atoms with Gasteiger partial charge in [0.2, 0.25) is 0 Å². The molecule has 0 aliphatic carbocycles. The molecule has 6 aromatic heterocycles. The van der Waals surface area contributed by atoms with Crippen molar-refractivity contribution >= 4 is 68.9 Å². The first-order valence-corrected chi connectivity index (χ1v) is 21.5. The Morgan fingerprint density at radius 3 is 1.67 bits per heavy atom. The second-order valence-corrected chi connectivity index (χ2v) is 18.3. The average Bonchev–Trinajstić information content (AvgIpc) is 3.92. The van der Waals surface area contributed by atoms with Gasteiger partial charge in [-0.2, -0.15) is 0 Å². The summed E-state index contributed by atoms with van der Waals surface area (Å²) in [5.74, 6) is 2.41. The Kier molecular flexibility index (Phi) is 12.7. The zero-order valence-electron chi connectivity index (χ0n) is 26.5. The molecule has 0 aliphatic rings. The minimum absolute atomic E-state index is 0.905. The summed E-state index contributed by atoms with van der Waals surface area (Å²) in [7, 11) is 0. The van der Waals surface area contributed by atoms with E-state index in [1.165, 1.54) is 112 Å². The van der Waals surface area contributed by atoms with Gasteiger partial charge in [0.25, 0.3) is 0 Å². The summed E-state index contributed by atoms with van der Waals surface area (Å²) in [5, 5.41) is 0. The molecule has 0 unspecified atom stereocenters. The third kappa shape index (κ3) is 8.63. The lowest BCUT2D eigenvalue weighted by molar-refractivity contribution is 0.706. The van der Waals surface area contributed by atoms with Crippen LogP contribution in [0, 0.1) is 0 Å². The minimum atomic E-state index is 0.905. The molecule has 6 heterocycles. The van der Waals surface area contributed by atoms with Gasteiger partial charge in [-0.3, -0.25) is 9.97 Å². The van der Waals surface area contributed by atoms with Gasteiger partial charge in [-0.05, 0) is 91.1 Å². The van der Waals surface area contributed by atoms with Crippen molar-refractivity contribution in [3.8, 4) is 51.8 Å². The lowest BCUT2D eigenvalue weighted by Gasteiger charge is -2.12. The standard InChI is InChI=1S/C38H40N2S6/c1-3-5-7-11-25-41-35-20-18-32(45-35)30-15-14-29(43-30)27-22-24-40-38(28-13-9-10-23-39-28)37(27)34-17-16-31(44-34)33-19-21-36(46-33)42-26-12-8-6-4-2/h9-10,13-24H,3-8,11-12,25-26H2,1-2H3. The van der Waals surface area contributed by atoms with Gasteiger partial charge < -0.3 is 0 Å². The molecule has 0 spiro atoms. The number of aromatic nitrogens is 2. The number of nitrogens with zero attached hydrogens (tertiary/aromatic N) is 2. The Morgan fingerprint density at radius 2 is 1.07 bits per heavy atom. The fraction of sp³-hybridized carbons (Fsp3) is 0.316. The first kappa shape index (κ1) is 33.7. The van der Waals surface area contributed by atoms with Crippen LogP contribution in [0.5, 0.6) is 0 Å². The van der Waals surface area contributed by atoms with Gasteiger partial charge in [-0.25, -0.2) is 0 Å². The van der Waals surface area contributed by atoms with Crippen LogP contribution in [0.2, 0.25) is 0 Å². The number of rotatable bonds is 17. The fourth-order valence-corrected chi connectivity index (χ4v) is 12.0. The summed E-state index contributed by atoms with van der Waals surface area (Å²) in [6.45, 7) is 4.55. The van der Waals surface area contributed by atoms with Crippen molar-refractivity contribution in [3.05, 3.63) is 85.2 Å². The number of pyridine rings is 2. The van der Waals surface area contributed by atoms with E-state index in [0.29, 0.717) is 0 Å². The molecule has 0 N–H and O–H groups in total. The Balaban J connectivity index is 1.27. The molecule has 0 radical (unpaired) electrons. The summed E-state index contributed by atoms with van der Waals surface area (Å²) in [6.07, 6.45) is 14.3. The summed E-state index contributed by atoms with van der Waals surface area (Å²) < 4.78 is 2.83. The first-order valence-electron chi connectivity index (χ1n) is 16.3. The van der Waals surface area contributed by atoms with Crippen LogP contribution in [-0.4, -0.2) is 21.5 Å². The maximum atomic E-state index is 4.92. The van der Waals surface area contributed by atoms with Crippen molar-refractivity contribution in [1.29, 1.82) is 0 Å². The molecule has 238 valence electrons. The van der Waals surface area contributed by atoms with E-state index >= 15 is 0 Å². The van der Waals surface area contributed by atoms with Gasteiger partial charge >= 0.3 is 0 Å². The highest BCUT2D eigenvalue weighted by Crippen LogP contribution is 2.48. The zero-order chi connectivity index (χ0) is 31.6. The van der Waals surface area contributed by atoms with Crippen molar-refractivity contribution in [2.45, 2.75) is 73.6 Å². The average molecular weight is 717 g/mol. The third-order valence-electron chi connectivity index (χ3n) is 7.72. The Labute approximate surface area is 298 Å². The van der Waals surface area contributed by atoms with Crippen LogP contribution in [0.3, 0.4) is 0 Å². The summed E-state index contributed by atoms with van der Waals surface area (Å²) in [6, 6.07) is 26.6. The quantitative estimate of drug-likeness (QED) is 0.0693. The number of thioether (sulfide) groups is 2. The molecule has 0 saturated heterocycles. The maximum absolute atomic E-state index is 4.92. The monoisotopic (exact) mass is 716 g/mol. The van der Waals surface area contributed by atoms with E-state index in [1.807, 2.05) is 93.4 Å². The van der Waals surface area contributed by atoms with Crippen LogP contribution >= 0.6 is 68.9 Å². The highest BCUT2D eigenvalue weighted by Gasteiger charge is 2.20. The molecule has 0 bridgehead atoms. The number of unbranched alkanes of at least 4 members (excludes halogenated alkanes) is 6. The van der Waals surface area contributed by atoms with Gasteiger partial charge in [0, 0.05) is 52.8 Å². The van der Waals surface area contributed by atoms with E-state index in [2.05, 4.69) is 74.5 Å². The zero-order valence-corrected chi connectivity index (χ0v) is 31.4. The van der Waals surface area contributed by atoms with Gasteiger partial charge in [-0.1, -0.05) is 58.4 Å². The number of hydrogen-bond donors (Lipinski definition) is 0. The van der Waals surface area contributed by atoms with Crippen LogP contribution in [0.25, 0.3) is 51.8 Å². The third-order valence-corrected chi connectivity index (χ3v) is 15.1. The minimum Gasteiger partial charge on any atom is -0.255 e. The molecule has 8 heteroatoms. The molecule has 46 heavy (non-hydrogen) atoms. The number of hydrogen-bond acceptors (Lipinski definition) is 8. The highest BCUT2D eigenvalue weighted by atomic mass is 32.2. The van der Waals surface area contributed by atoms with Crippen LogP contribution in [0.15, 0.2) is 93.6 Å². The summed E-state index contributed by atoms with van der Waals surface area (Å²) in [4.78, 5) is 17.5. The van der Waals surface area contributed by atoms with E-state index in [0.717, 1.165) is 11.4 Å². The van der Waals surface area contributed by atoms with E-state index in [4.69, 9.17) is 9.97 Å². The van der Waals surface area contributed by atoms with E-state index in [9.17, 15) is 0 Å². The molecule has 0 saturated carbocycles. The molecule has 2 nitrogen and oxygen atoms in total. The van der Waals surface area contributed by atoms with E-state index in [-0.39, 0.29) is 0 Å². The normalized spacial score (nSPS) is 11.4. The van der Waals surface area contributed by atoms with Crippen LogP contribution in [-0.2, 0) is 0 Å². The van der Waals surface area contributed by atoms with Crippen molar-refractivity contribution in [2.75, 3.05) is 11.5 Å². The summed E-state index contributed by atoms with van der Waals surface area (Å²) >= 11 is 11.6. The van der Waals surface area contributed by atoms with Gasteiger partial charge in [-0.15, -0.1) is 68.9 Å². The second kappa shape index (κ2) is 17.3. The molecular weight excluding hydrogens is 677 g/mol. The molecule has 6 rings (SSSR count). The molecule has 0 aromatic carbocycles. The second-order valence-electron chi connectivity index (χ2n) is 11.2. The van der Waals surface area contributed by atoms with Crippen molar-refractivity contribution in [1.82, 2.24) is 9.97 Å². The lowest BCUT2D eigenvalue weighted by atomic mass is 10.0. The lowest BCUT2D eigenvalue weighted by Crippen LogP contribution is -1.92. The van der Waals surface area contributed by atoms with Crippen LogP contribution < -0.4 is 0 Å². The highest BCUT2D eigenvalue weighted by molar-refractivity contribution is 8.01. The van der Waals surface area contributed by atoms with E-state index < -0.39 is 0 Å². The Bertz CT molecular complexity index is 1790. The van der Waals surface area contributed by atoms with Gasteiger partial charge in [0.1, 0.15) is 0 Å². The molecule has 0 aliphatic heterocycles. The topological polar surface area (TPSA) is 25.8 Å². The number of thiophene rings is 4. The largest absolute Gasteiger partial charge is 0.255 e. The van der Waals surface area contributed by atoms with E-state index in [1.54, 1.807) is 0 Å². The summed E-state index contributed by atoms with van der Waals surface area (Å²) in [5.41, 5.74) is 4.23. The fourth-order valence-electron chi connectivity index (χ4n) is 5.30. The molecule has 0 fully saturated rings. The van der Waals surface area contributed by atoms with Crippen molar-refractivity contribution in [3.63, 3.8) is 0 Å². The molecule has 0 amide bonds. The maximum Gasteiger partial charge on any atom is 0.0979 e. The van der Waals surface area contributed by atoms with Crippen LogP contribution in [0.1, 0.15) is 65.2 Å². The van der Waals surface area contributed by atoms with Gasteiger partial charge in [0.05, 0.1) is 19.8 Å². The van der Waals surface area contributed by atoms with Crippen molar-refractivity contribution < 1.29 is 0 Å². The van der Waals surface area contributed by atoms with Gasteiger partial charge in [0.15, 0.2) is 0 Å². The Morgan fingerprint density at radius 1 is 0.500 bits per heavy atom. The smallest absolute Gasteiger partial charge is 0.0979 e. The van der Waals surface area contributed by atoms with Crippen LogP contribution in [0.4, 0.5) is 0 Å². The van der Waals surface area contributed by atoms with Crippen molar-refractivity contribution in [2.24, 2.45) is 0 Å². The molecular formula is C38H40N2S6. The first-order chi connectivity index (χ1) is 22.7. The predicted molar refractivity (Wildman–Crippen MR) is 210 cm³/mol. The SMILES string of the molecule is CCCCCCSc1ccc(-c2ccc(-c3ccnc(-c4ccccn4)c3-c3ccc(-c4ccc(SCCCCCC)s4)s3)s2)s1. The molecule has 6 aromatic rings.